The van der Waals surface area contributed by atoms with Crippen LogP contribution < -0.4 is 4.74 Å². The molecular formula is C27H37ClOSi. The van der Waals surface area contributed by atoms with Crippen LogP contribution in [0.3, 0.4) is 0 Å². The maximum absolute atomic E-state index is 7.16. The summed E-state index contributed by atoms with van der Waals surface area (Å²) in [6.07, 6.45) is 2.42. The Balaban J connectivity index is 2.49. The predicted octanol–water partition coefficient (Wildman–Crippen LogP) is 8.40. The van der Waals surface area contributed by atoms with Crippen molar-refractivity contribution in [2.75, 3.05) is 7.11 Å². The number of ether oxygens (including phenoxy) is 1. The third kappa shape index (κ3) is 4.14. The van der Waals surface area contributed by atoms with Crippen LogP contribution in [0.15, 0.2) is 29.8 Å². The van der Waals surface area contributed by atoms with Gasteiger partial charge < -0.3 is 4.74 Å². The molecule has 2 aromatic rings. The van der Waals surface area contributed by atoms with Crippen molar-refractivity contribution in [3.8, 4) is 16.9 Å². The average molecular weight is 441 g/mol. The quantitative estimate of drug-likeness (QED) is 0.342. The van der Waals surface area contributed by atoms with Crippen LogP contribution in [0, 0.1) is 19.8 Å². The largest absolute Gasteiger partial charge is 0.496 e. The number of benzene rings is 2. The minimum atomic E-state index is -1.99. The van der Waals surface area contributed by atoms with Gasteiger partial charge in [0.15, 0.2) is 7.38 Å². The second-order valence-corrected chi connectivity index (χ2v) is 17.4. The number of hydrogen-bond donors (Lipinski definition) is 0. The Morgan fingerprint density at radius 1 is 1.00 bits per heavy atom. The summed E-state index contributed by atoms with van der Waals surface area (Å²) < 4.78 is 6.13. The normalized spacial score (nSPS) is 16.7. The van der Waals surface area contributed by atoms with Crippen molar-refractivity contribution in [3.63, 3.8) is 0 Å². The summed E-state index contributed by atoms with van der Waals surface area (Å²) in [6, 6.07) is 9.21. The summed E-state index contributed by atoms with van der Waals surface area (Å²) in [6.45, 7) is 20.3. The first-order valence-corrected chi connectivity index (χ1v) is 15.1. The molecule has 1 unspecified atom stereocenters. The van der Waals surface area contributed by atoms with Crippen molar-refractivity contribution in [2.45, 2.75) is 72.5 Å². The number of hydrogen-bond acceptors (Lipinski definition) is 1. The van der Waals surface area contributed by atoms with Crippen LogP contribution in [0.5, 0.6) is 5.75 Å². The summed E-state index contributed by atoms with van der Waals surface area (Å²) in [5.41, 5.74) is 10.7. The van der Waals surface area contributed by atoms with Gasteiger partial charge in [0, 0.05) is 16.7 Å². The molecule has 0 aromatic heterocycles. The molecule has 0 N–H and O–H groups in total. The van der Waals surface area contributed by atoms with Gasteiger partial charge in [-0.15, -0.1) is 0 Å². The van der Waals surface area contributed by atoms with Crippen molar-refractivity contribution < 1.29 is 4.74 Å². The van der Waals surface area contributed by atoms with E-state index >= 15 is 0 Å². The Kier molecular flexibility index (Phi) is 6.08. The molecule has 3 heteroatoms. The van der Waals surface area contributed by atoms with E-state index in [1.807, 2.05) is 7.11 Å². The van der Waals surface area contributed by atoms with Gasteiger partial charge in [-0.3, -0.25) is 0 Å². The SMILES string of the molecule is COc1c(C(C)(C)C)cc2c(c1-c1cc(C)cc(C)c1)C=C(C(C)C)C2[Si](C)(C)Cl. The minimum absolute atomic E-state index is 0.0306. The first-order chi connectivity index (χ1) is 13.8. The Hall–Kier alpha value is -1.51. The lowest BCUT2D eigenvalue weighted by Gasteiger charge is -2.31. The lowest BCUT2D eigenvalue weighted by atomic mass is 9.81. The molecule has 0 bridgehead atoms. The van der Waals surface area contributed by atoms with Crippen molar-refractivity contribution in [1.82, 2.24) is 0 Å². The second kappa shape index (κ2) is 7.87. The Morgan fingerprint density at radius 2 is 1.57 bits per heavy atom. The molecule has 0 spiro atoms. The fourth-order valence-corrected chi connectivity index (χ4v) is 7.88. The van der Waals surface area contributed by atoms with Gasteiger partial charge in [-0.1, -0.05) is 94.8 Å². The van der Waals surface area contributed by atoms with Crippen LogP contribution in [0.2, 0.25) is 13.1 Å². The Bertz CT molecular complexity index is 983. The van der Waals surface area contributed by atoms with E-state index in [2.05, 4.69) is 91.9 Å². The maximum atomic E-state index is 7.16. The first-order valence-electron chi connectivity index (χ1n) is 11.0. The maximum Gasteiger partial charge on any atom is 0.161 e. The van der Waals surface area contributed by atoms with Crippen molar-refractivity contribution >= 4 is 24.5 Å². The summed E-state index contributed by atoms with van der Waals surface area (Å²) in [4.78, 5) is 0. The third-order valence-electron chi connectivity index (χ3n) is 6.18. The zero-order valence-electron chi connectivity index (χ0n) is 20.3. The number of halogens is 1. The third-order valence-corrected chi connectivity index (χ3v) is 8.85. The fourth-order valence-electron chi connectivity index (χ4n) is 4.96. The standard InChI is InChI=1S/C27H37ClOSi/c1-16(2)20-14-21-22(26(20)30(9,10)28)15-23(27(5,6)7)25(29-8)24(21)19-12-17(3)11-18(4)13-19/h11-16,26H,1-10H3. The number of aryl methyl sites for hydroxylation is 2. The van der Waals surface area contributed by atoms with Gasteiger partial charge in [-0.25, -0.2) is 0 Å². The van der Waals surface area contributed by atoms with E-state index in [9.17, 15) is 0 Å². The molecular weight excluding hydrogens is 404 g/mol. The van der Waals surface area contributed by atoms with Gasteiger partial charge in [0.05, 0.1) is 7.11 Å². The highest BCUT2D eigenvalue weighted by Gasteiger charge is 2.42. The number of rotatable bonds is 4. The van der Waals surface area contributed by atoms with Crippen LogP contribution >= 0.6 is 11.1 Å². The summed E-state index contributed by atoms with van der Waals surface area (Å²) in [7, 11) is -0.185. The summed E-state index contributed by atoms with van der Waals surface area (Å²) >= 11 is 7.16. The highest BCUT2D eigenvalue weighted by Crippen LogP contribution is 2.53. The van der Waals surface area contributed by atoms with Gasteiger partial charge >= 0.3 is 0 Å². The van der Waals surface area contributed by atoms with Gasteiger partial charge in [0.25, 0.3) is 0 Å². The zero-order valence-corrected chi connectivity index (χ0v) is 22.1. The molecule has 1 aliphatic carbocycles. The highest BCUT2D eigenvalue weighted by molar-refractivity contribution is 7.20. The highest BCUT2D eigenvalue weighted by atomic mass is 35.6. The van der Waals surface area contributed by atoms with E-state index in [0.717, 1.165) is 5.75 Å². The van der Waals surface area contributed by atoms with Gasteiger partial charge in [0.2, 0.25) is 0 Å². The molecule has 1 atom stereocenters. The summed E-state index contributed by atoms with van der Waals surface area (Å²) in [5, 5.41) is 0. The molecule has 0 fully saturated rings. The number of allylic oxidation sites excluding steroid dienone is 1. The van der Waals surface area contributed by atoms with Crippen LogP contribution in [-0.2, 0) is 5.41 Å². The van der Waals surface area contributed by atoms with Crippen LogP contribution in [0.1, 0.15) is 68.0 Å². The molecule has 30 heavy (non-hydrogen) atoms. The van der Waals surface area contributed by atoms with Gasteiger partial charge in [-0.2, -0.15) is 11.1 Å². The molecule has 0 heterocycles. The molecule has 0 radical (unpaired) electrons. The number of methoxy groups -OCH3 is 1. The monoisotopic (exact) mass is 440 g/mol. The predicted molar refractivity (Wildman–Crippen MR) is 135 cm³/mol. The lowest BCUT2D eigenvalue weighted by Crippen LogP contribution is -2.30. The molecule has 1 aliphatic rings. The van der Waals surface area contributed by atoms with E-state index < -0.39 is 7.38 Å². The topological polar surface area (TPSA) is 9.23 Å². The fraction of sp³-hybridized carbons (Fsp3) is 0.481. The van der Waals surface area contributed by atoms with Crippen LogP contribution in [-0.4, -0.2) is 14.5 Å². The molecule has 1 nitrogen and oxygen atoms in total. The molecule has 0 aliphatic heterocycles. The van der Waals surface area contributed by atoms with Crippen LogP contribution in [0.4, 0.5) is 0 Å². The van der Waals surface area contributed by atoms with E-state index in [-0.39, 0.29) is 5.41 Å². The van der Waals surface area contributed by atoms with E-state index in [0.29, 0.717) is 11.5 Å². The second-order valence-electron chi connectivity index (χ2n) is 10.8. The Morgan fingerprint density at radius 3 is 2.00 bits per heavy atom. The van der Waals surface area contributed by atoms with E-state index in [1.165, 1.54) is 44.5 Å². The van der Waals surface area contributed by atoms with Gasteiger partial charge in [-0.05, 0) is 41.9 Å². The molecule has 0 amide bonds. The van der Waals surface area contributed by atoms with Crippen molar-refractivity contribution in [3.05, 3.63) is 57.7 Å². The molecule has 162 valence electrons. The Labute approximate surface area is 189 Å². The average Bonchev–Trinajstić information content (AvgIpc) is 2.98. The van der Waals surface area contributed by atoms with E-state index in [4.69, 9.17) is 15.8 Å². The summed E-state index contributed by atoms with van der Waals surface area (Å²) in [5.74, 6) is 1.46. The van der Waals surface area contributed by atoms with Crippen molar-refractivity contribution in [1.29, 1.82) is 0 Å². The molecule has 2 aromatic carbocycles. The zero-order chi connectivity index (χ0) is 22.6. The number of fused-ring (bicyclic) bond motifs is 1. The molecule has 3 rings (SSSR count). The lowest BCUT2D eigenvalue weighted by molar-refractivity contribution is 0.399. The molecule has 0 saturated heterocycles. The van der Waals surface area contributed by atoms with Crippen LogP contribution in [0.25, 0.3) is 17.2 Å². The first kappa shape index (κ1) is 23.2. The van der Waals surface area contributed by atoms with E-state index in [1.54, 1.807) is 0 Å². The minimum Gasteiger partial charge on any atom is -0.496 e. The smallest absolute Gasteiger partial charge is 0.161 e. The molecule has 0 saturated carbocycles. The van der Waals surface area contributed by atoms with Gasteiger partial charge in [0.1, 0.15) is 5.75 Å². The van der Waals surface area contributed by atoms with Crippen molar-refractivity contribution in [2.24, 2.45) is 5.92 Å².